The summed E-state index contributed by atoms with van der Waals surface area (Å²) in [7, 11) is 0. The van der Waals surface area contributed by atoms with Crippen molar-refractivity contribution in [3.8, 4) is 5.88 Å². The largest absolute Gasteiger partial charge is 0.469 e. The van der Waals surface area contributed by atoms with Gasteiger partial charge in [-0.05, 0) is 25.1 Å². The smallest absolute Gasteiger partial charge is 0.216 e. The lowest BCUT2D eigenvalue weighted by Crippen LogP contribution is -1.99. The van der Waals surface area contributed by atoms with Crippen LogP contribution in [0.2, 0.25) is 0 Å². The lowest BCUT2D eigenvalue weighted by atomic mass is 10.2. The molecule has 0 atom stereocenters. The standard InChI is InChI=1S/C12H11NO3/c1-9-5-10(7-14)6-13-12(9)16-8-11-3-2-4-15-11/h2-7H,8H2,1H3. The van der Waals surface area contributed by atoms with E-state index >= 15 is 0 Å². The molecule has 0 amide bonds. The molecule has 0 spiro atoms. The van der Waals surface area contributed by atoms with E-state index in [4.69, 9.17) is 9.15 Å². The third-order valence-electron chi connectivity index (χ3n) is 2.12. The van der Waals surface area contributed by atoms with Crippen molar-refractivity contribution in [1.29, 1.82) is 0 Å². The highest BCUT2D eigenvalue weighted by Crippen LogP contribution is 2.16. The van der Waals surface area contributed by atoms with Crippen molar-refractivity contribution in [3.05, 3.63) is 47.5 Å². The molecule has 82 valence electrons. The van der Waals surface area contributed by atoms with E-state index in [9.17, 15) is 4.79 Å². The van der Waals surface area contributed by atoms with Gasteiger partial charge in [-0.3, -0.25) is 4.79 Å². The fourth-order valence-electron chi connectivity index (χ4n) is 1.33. The topological polar surface area (TPSA) is 52.3 Å². The van der Waals surface area contributed by atoms with Crippen molar-refractivity contribution >= 4 is 6.29 Å². The SMILES string of the molecule is Cc1cc(C=O)cnc1OCc1ccco1. The molecule has 0 aromatic carbocycles. The molecule has 0 aliphatic rings. The Bertz CT molecular complexity index is 477. The Morgan fingerprint density at radius 3 is 3.06 bits per heavy atom. The normalized spacial score (nSPS) is 10.1. The van der Waals surface area contributed by atoms with Gasteiger partial charge < -0.3 is 9.15 Å². The molecule has 0 radical (unpaired) electrons. The zero-order valence-corrected chi connectivity index (χ0v) is 8.84. The molecule has 2 aromatic rings. The van der Waals surface area contributed by atoms with Gasteiger partial charge in [0.25, 0.3) is 0 Å². The summed E-state index contributed by atoms with van der Waals surface area (Å²) < 4.78 is 10.6. The van der Waals surface area contributed by atoms with Gasteiger partial charge >= 0.3 is 0 Å². The van der Waals surface area contributed by atoms with Gasteiger partial charge in [-0.15, -0.1) is 0 Å². The second kappa shape index (κ2) is 4.61. The third-order valence-corrected chi connectivity index (χ3v) is 2.12. The van der Waals surface area contributed by atoms with Gasteiger partial charge in [0, 0.05) is 17.3 Å². The van der Waals surface area contributed by atoms with Gasteiger partial charge in [0.2, 0.25) is 5.88 Å². The Labute approximate surface area is 92.9 Å². The monoisotopic (exact) mass is 217 g/mol. The Morgan fingerprint density at radius 2 is 2.44 bits per heavy atom. The quantitative estimate of drug-likeness (QED) is 0.738. The van der Waals surface area contributed by atoms with E-state index in [1.54, 1.807) is 18.4 Å². The van der Waals surface area contributed by atoms with E-state index in [1.807, 2.05) is 13.0 Å². The van der Waals surface area contributed by atoms with Crippen LogP contribution < -0.4 is 4.74 Å². The number of rotatable bonds is 4. The highest BCUT2D eigenvalue weighted by atomic mass is 16.5. The first-order valence-electron chi connectivity index (χ1n) is 4.86. The minimum absolute atomic E-state index is 0.335. The van der Waals surface area contributed by atoms with Gasteiger partial charge in [0.15, 0.2) is 6.29 Å². The lowest BCUT2D eigenvalue weighted by Gasteiger charge is -2.06. The maximum atomic E-state index is 10.5. The van der Waals surface area contributed by atoms with Gasteiger partial charge in [-0.1, -0.05) is 0 Å². The fraction of sp³-hybridized carbons (Fsp3) is 0.167. The number of ether oxygens (including phenoxy) is 1. The fourth-order valence-corrected chi connectivity index (χ4v) is 1.33. The highest BCUT2D eigenvalue weighted by molar-refractivity contribution is 5.74. The lowest BCUT2D eigenvalue weighted by molar-refractivity contribution is 0.112. The Morgan fingerprint density at radius 1 is 1.56 bits per heavy atom. The number of carbonyl (C=O) groups is 1. The minimum Gasteiger partial charge on any atom is -0.469 e. The third kappa shape index (κ3) is 2.28. The van der Waals surface area contributed by atoms with E-state index in [0.717, 1.165) is 17.6 Å². The summed E-state index contributed by atoms with van der Waals surface area (Å²) in [6, 6.07) is 5.36. The van der Waals surface area contributed by atoms with Crippen LogP contribution in [0.4, 0.5) is 0 Å². The predicted molar refractivity (Wildman–Crippen MR) is 57.4 cm³/mol. The molecule has 0 fully saturated rings. The van der Waals surface area contributed by atoms with Gasteiger partial charge in [0.1, 0.15) is 12.4 Å². The summed E-state index contributed by atoms with van der Waals surface area (Å²) in [6.07, 6.45) is 3.84. The number of hydrogen-bond donors (Lipinski definition) is 0. The molecule has 2 aromatic heterocycles. The molecular weight excluding hydrogens is 206 g/mol. The van der Waals surface area contributed by atoms with Crippen molar-refractivity contribution in [2.45, 2.75) is 13.5 Å². The van der Waals surface area contributed by atoms with Gasteiger partial charge in [-0.25, -0.2) is 4.98 Å². The van der Waals surface area contributed by atoms with Crippen LogP contribution in [0.1, 0.15) is 21.7 Å². The van der Waals surface area contributed by atoms with E-state index in [1.165, 1.54) is 6.20 Å². The molecule has 0 bridgehead atoms. The summed E-state index contributed by atoms with van der Waals surface area (Å²) in [5.74, 6) is 1.25. The number of pyridine rings is 1. The van der Waals surface area contributed by atoms with E-state index in [-0.39, 0.29) is 0 Å². The molecule has 0 aliphatic carbocycles. The van der Waals surface area contributed by atoms with Crippen LogP contribution in [0.25, 0.3) is 0 Å². The zero-order valence-electron chi connectivity index (χ0n) is 8.84. The summed E-state index contributed by atoms with van der Waals surface area (Å²) in [4.78, 5) is 14.6. The molecular formula is C12H11NO3. The van der Waals surface area contributed by atoms with Crippen LogP contribution in [-0.4, -0.2) is 11.3 Å². The first-order chi connectivity index (χ1) is 7.79. The number of aryl methyl sites for hydroxylation is 1. The molecule has 0 N–H and O–H groups in total. The van der Waals surface area contributed by atoms with Gasteiger partial charge in [-0.2, -0.15) is 0 Å². The predicted octanol–water partition coefficient (Wildman–Crippen LogP) is 2.37. The number of aromatic nitrogens is 1. The highest BCUT2D eigenvalue weighted by Gasteiger charge is 2.04. The van der Waals surface area contributed by atoms with Crippen molar-refractivity contribution < 1.29 is 13.9 Å². The average Bonchev–Trinajstić information content (AvgIpc) is 2.80. The summed E-state index contributed by atoms with van der Waals surface area (Å²) in [6.45, 7) is 2.18. The van der Waals surface area contributed by atoms with E-state index < -0.39 is 0 Å². The molecule has 16 heavy (non-hydrogen) atoms. The number of aldehydes is 1. The van der Waals surface area contributed by atoms with Crippen molar-refractivity contribution in [2.24, 2.45) is 0 Å². The molecule has 4 heteroatoms. The first-order valence-corrected chi connectivity index (χ1v) is 4.86. The van der Waals surface area contributed by atoms with Crippen LogP contribution >= 0.6 is 0 Å². The van der Waals surface area contributed by atoms with Crippen LogP contribution in [0.15, 0.2) is 35.1 Å². The maximum absolute atomic E-state index is 10.5. The van der Waals surface area contributed by atoms with Crippen molar-refractivity contribution in [3.63, 3.8) is 0 Å². The van der Waals surface area contributed by atoms with Crippen LogP contribution in [0.3, 0.4) is 0 Å². The Hall–Kier alpha value is -2.10. The van der Waals surface area contributed by atoms with Gasteiger partial charge in [0.05, 0.1) is 6.26 Å². The number of furan rings is 1. The summed E-state index contributed by atoms with van der Waals surface area (Å²) in [5, 5.41) is 0. The molecule has 2 rings (SSSR count). The Kier molecular flexibility index (Phi) is 3.00. The van der Waals surface area contributed by atoms with Crippen molar-refractivity contribution in [2.75, 3.05) is 0 Å². The first kappa shape index (κ1) is 10.4. The summed E-state index contributed by atoms with van der Waals surface area (Å²) >= 11 is 0. The number of carbonyl (C=O) groups excluding carboxylic acids is 1. The van der Waals surface area contributed by atoms with Crippen LogP contribution in [0.5, 0.6) is 5.88 Å². The van der Waals surface area contributed by atoms with Crippen molar-refractivity contribution in [1.82, 2.24) is 4.98 Å². The Balaban J connectivity index is 2.07. The minimum atomic E-state index is 0.335. The van der Waals surface area contributed by atoms with E-state index in [0.29, 0.717) is 18.1 Å². The zero-order chi connectivity index (χ0) is 11.4. The average molecular weight is 217 g/mol. The number of nitrogens with zero attached hydrogens (tertiary/aromatic N) is 1. The molecule has 0 unspecified atom stereocenters. The molecule has 0 saturated carbocycles. The molecule has 0 saturated heterocycles. The maximum Gasteiger partial charge on any atom is 0.216 e. The second-order valence-corrected chi connectivity index (χ2v) is 3.38. The molecule has 4 nitrogen and oxygen atoms in total. The van der Waals surface area contributed by atoms with Crippen LogP contribution in [0, 0.1) is 6.92 Å². The summed E-state index contributed by atoms with van der Waals surface area (Å²) in [5.41, 5.74) is 1.37. The number of hydrogen-bond acceptors (Lipinski definition) is 4. The van der Waals surface area contributed by atoms with Crippen LogP contribution in [-0.2, 0) is 6.61 Å². The molecule has 0 aliphatic heterocycles. The van der Waals surface area contributed by atoms with E-state index in [2.05, 4.69) is 4.98 Å². The second-order valence-electron chi connectivity index (χ2n) is 3.38. The molecule has 2 heterocycles.